The van der Waals surface area contributed by atoms with Crippen molar-refractivity contribution in [1.82, 2.24) is 0 Å². The number of benzene rings is 2. The van der Waals surface area contributed by atoms with E-state index in [9.17, 15) is 22.8 Å². The van der Waals surface area contributed by atoms with Crippen molar-refractivity contribution < 1.29 is 27.5 Å². The fourth-order valence-corrected chi connectivity index (χ4v) is 2.44. The van der Waals surface area contributed by atoms with Crippen LogP contribution in [0.5, 0.6) is 0 Å². The lowest BCUT2D eigenvalue weighted by Crippen LogP contribution is -2.34. The van der Waals surface area contributed by atoms with Crippen molar-refractivity contribution >= 4 is 11.8 Å². The molecule has 0 saturated heterocycles. The Morgan fingerprint density at radius 2 is 1.64 bits per heavy atom. The summed E-state index contributed by atoms with van der Waals surface area (Å²) in [6.07, 6.45) is -1.02. The van der Waals surface area contributed by atoms with E-state index in [0.29, 0.717) is 5.56 Å². The molecule has 0 spiro atoms. The van der Waals surface area contributed by atoms with Crippen LogP contribution in [0.2, 0.25) is 0 Å². The Morgan fingerprint density at radius 3 is 2.20 bits per heavy atom. The summed E-state index contributed by atoms with van der Waals surface area (Å²) in [5.74, 6) is -7.89. The second kappa shape index (κ2) is 7.96. The van der Waals surface area contributed by atoms with E-state index in [1.807, 2.05) is 0 Å². The van der Waals surface area contributed by atoms with E-state index < -0.39 is 35.8 Å². The largest absolute Gasteiger partial charge is 0.462 e. The van der Waals surface area contributed by atoms with Crippen LogP contribution in [-0.2, 0) is 9.53 Å². The number of ketones is 1. The van der Waals surface area contributed by atoms with Gasteiger partial charge in [0.05, 0.1) is 12.5 Å². The van der Waals surface area contributed by atoms with Gasteiger partial charge < -0.3 is 4.74 Å². The second-order valence-electron chi connectivity index (χ2n) is 5.46. The number of carbonyl (C=O) groups is 2. The van der Waals surface area contributed by atoms with Crippen LogP contribution in [0.25, 0.3) is 0 Å². The molecule has 0 bridgehead atoms. The van der Waals surface area contributed by atoms with Gasteiger partial charge in [-0.05, 0) is 36.8 Å². The molecule has 0 aromatic heterocycles. The van der Waals surface area contributed by atoms with Crippen LogP contribution in [0.3, 0.4) is 0 Å². The summed E-state index contributed by atoms with van der Waals surface area (Å²) >= 11 is 0. The fraction of sp³-hybridized carbons (Fsp3) is 0.263. The van der Waals surface area contributed by atoms with E-state index in [0.717, 1.165) is 12.1 Å². The van der Waals surface area contributed by atoms with Crippen LogP contribution in [0.4, 0.5) is 13.2 Å². The molecule has 3 nitrogen and oxygen atoms in total. The minimum absolute atomic E-state index is 0.0925. The molecule has 25 heavy (non-hydrogen) atoms. The first-order valence-electron chi connectivity index (χ1n) is 7.75. The molecule has 0 N–H and O–H groups in total. The molecule has 1 unspecified atom stereocenters. The topological polar surface area (TPSA) is 43.4 Å². The maximum atomic E-state index is 14.2. The number of ether oxygens (including phenoxy) is 1. The molecule has 0 aliphatic rings. The molecule has 2 aromatic rings. The van der Waals surface area contributed by atoms with Gasteiger partial charge in [-0.1, -0.05) is 30.3 Å². The Labute approximate surface area is 143 Å². The third-order valence-corrected chi connectivity index (χ3v) is 3.68. The lowest BCUT2D eigenvalue weighted by molar-refractivity contribution is -0.172. The van der Waals surface area contributed by atoms with Gasteiger partial charge in [0.25, 0.3) is 0 Å². The zero-order chi connectivity index (χ0) is 18.4. The standard InChI is InChI=1S/C19H17F3O3/c1-2-25-18(24)19(21,22)12-16(13-6-4-3-5-7-13)17(23)14-8-10-15(20)11-9-14/h3-11,16H,2,12H2,1H3. The molecule has 0 aliphatic heterocycles. The molecule has 0 fully saturated rings. The van der Waals surface area contributed by atoms with Crippen molar-refractivity contribution in [2.24, 2.45) is 0 Å². The molecular weight excluding hydrogens is 333 g/mol. The molecule has 0 saturated carbocycles. The number of Topliss-reactive ketones (excluding diaryl/α,β-unsaturated/α-hetero) is 1. The summed E-state index contributed by atoms with van der Waals surface area (Å²) in [4.78, 5) is 24.2. The van der Waals surface area contributed by atoms with E-state index in [4.69, 9.17) is 0 Å². The van der Waals surface area contributed by atoms with Crippen molar-refractivity contribution in [3.05, 3.63) is 71.5 Å². The third-order valence-electron chi connectivity index (χ3n) is 3.68. The van der Waals surface area contributed by atoms with Gasteiger partial charge >= 0.3 is 11.9 Å². The molecular formula is C19H17F3O3. The Kier molecular flexibility index (Phi) is 5.96. The van der Waals surface area contributed by atoms with E-state index in [1.54, 1.807) is 18.2 Å². The van der Waals surface area contributed by atoms with Crippen molar-refractivity contribution in [2.45, 2.75) is 25.2 Å². The maximum Gasteiger partial charge on any atom is 0.377 e. The molecule has 6 heteroatoms. The highest BCUT2D eigenvalue weighted by Crippen LogP contribution is 2.33. The molecule has 2 rings (SSSR count). The first-order valence-corrected chi connectivity index (χ1v) is 7.75. The second-order valence-corrected chi connectivity index (χ2v) is 5.46. The fourth-order valence-electron chi connectivity index (χ4n) is 2.44. The highest BCUT2D eigenvalue weighted by molar-refractivity contribution is 6.01. The Balaban J connectivity index is 2.35. The highest BCUT2D eigenvalue weighted by atomic mass is 19.3. The Bertz CT molecular complexity index is 727. The van der Waals surface area contributed by atoms with Crippen LogP contribution in [0.1, 0.15) is 35.2 Å². The van der Waals surface area contributed by atoms with Crippen LogP contribution < -0.4 is 0 Å². The molecule has 2 aromatic carbocycles. The average Bonchev–Trinajstić information content (AvgIpc) is 2.61. The van der Waals surface area contributed by atoms with Gasteiger partial charge in [-0.3, -0.25) is 4.79 Å². The normalized spacial score (nSPS) is 12.5. The average molecular weight is 350 g/mol. The summed E-state index contributed by atoms with van der Waals surface area (Å²) in [6.45, 7) is 1.24. The smallest absolute Gasteiger partial charge is 0.377 e. The molecule has 0 aliphatic carbocycles. The van der Waals surface area contributed by atoms with Gasteiger partial charge in [-0.2, -0.15) is 8.78 Å². The summed E-state index contributed by atoms with van der Waals surface area (Å²) in [7, 11) is 0. The lowest BCUT2D eigenvalue weighted by Gasteiger charge is -2.22. The summed E-state index contributed by atoms with van der Waals surface area (Å²) in [5.41, 5.74) is 0.440. The molecule has 0 heterocycles. The Hall–Kier alpha value is -2.63. The maximum absolute atomic E-state index is 14.2. The first-order chi connectivity index (χ1) is 11.8. The van der Waals surface area contributed by atoms with E-state index in [2.05, 4.69) is 4.74 Å². The number of carbonyl (C=O) groups excluding carboxylic acids is 2. The van der Waals surface area contributed by atoms with Gasteiger partial charge in [0, 0.05) is 12.0 Å². The SMILES string of the molecule is CCOC(=O)C(F)(F)CC(C(=O)c1ccc(F)cc1)c1ccccc1. The zero-order valence-electron chi connectivity index (χ0n) is 13.5. The molecule has 0 radical (unpaired) electrons. The predicted molar refractivity (Wildman–Crippen MR) is 86.1 cm³/mol. The minimum Gasteiger partial charge on any atom is -0.462 e. The summed E-state index contributed by atoms with van der Waals surface area (Å²) in [5, 5.41) is 0. The van der Waals surface area contributed by atoms with Gasteiger partial charge in [-0.25, -0.2) is 9.18 Å². The summed E-state index contributed by atoms with van der Waals surface area (Å²) < 4.78 is 45.8. The van der Waals surface area contributed by atoms with Crippen LogP contribution in [-0.4, -0.2) is 24.3 Å². The molecule has 132 valence electrons. The monoisotopic (exact) mass is 350 g/mol. The quantitative estimate of drug-likeness (QED) is 0.550. The van der Waals surface area contributed by atoms with Crippen molar-refractivity contribution in [3.63, 3.8) is 0 Å². The predicted octanol–water partition coefficient (Wildman–Crippen LogP) is 4.38. The number of alkyl halides is 2. The summed E-state index contributed by atoms with van der Waals surface area (Å²) in [6, 6.07) is 12.6. The molecule has 0 amide bonds. The van der Waals surface area contributed by atoms with Gasteiger partial charge in [-0.15, -0.1) is 0 Å². The molecule has 1 atom stereocenters. The lowest BCUT2D eigenvalue weighted by atomic mass is 9.86. The van der Waals surface area contributed by atoms with Crippen molar-refractivity contribution in [2.75, 3.05) is 6.61 Å². The van der Waals surface area contributed by atoms with Gasteiger partial charge in [0.15, 0.2) is 5.78 Å². The Morgan fingerprint density at radius 1 is 1.04 bits per heavy atom. The number of halogens is 3. The van der Waals surface area contributed by atoms with Gasteiger partial charge in [0.1, 0.15) is 5.82 Å². The zero-order valence-corrected chi connectivity index (χ0v) is 13.5. The van der Waals surface area contributed by atoms with Crippen molar-refractivity contribution in [3.8, 4) is 0 Å². The van der Waals surface area contributed by atoms with Crippen LogP contribution >= 0.6 is 0 Å². The number of hydrogen-bond donors (Lipinski definition) is 0. The van der Waals surface area contributed by atoms with Crippen LogP contribution in [0, 0.1) is 5.82 Å². The third kappa shape index (κ3) is 4.68. The van der Waals surface area contributed by atoms with Crippen LogP contribution in [0.15, 0.2) is 54.6 Å². The van der Waals surface area contributed by atoms with E-state index in [1.165, 1.54) is 31.2 Å². The highest BCUT2D eigenvalue weighted by Gasteiger charge is 2.44. The minimum atomic E-state index is -3.81. The first kappa shape index (κ1) is 18.7. The van der Waals surface area contributed by atoms with E-state index in [-0.39, 0.29) is 12.2 Å². The van der Waals surface area contributed by atoms with E-state index >= 15 is 0 Å². The number of rotatable bonds is 7. The number of esters is 1. The number of hydrogen-bond acceptors (Lipinski definition) is 3. The van der Waals surface area contributed by atoms with Gasteiger partial charge in [0.2, 0.25) is 0 Å². The van der Waals surface area contributed by atoms with Crippen molar-refractivity contribution in [1.29, 1.82) is 0 Å².